The van der Waals surface area contributed by atoms with Crippen molar-refractivity contribution in [2.45, 2.75) is 24.7 Å². The van der Waals surface area contributed by atoms with Gasteiger partial charge in [0, 0.05) is 12.6 Å². The summed E-state index contributed by atoms with van der Waals surface area (Å²) in [6, 6.07) is 8.67. The molecule has 102 valence electrons. The summed E-state index contributed by atoms with van der Waals surface area (Å²) in [5.74, 6) is 0. The third-order valence-corrected chi connectivity index (χ3v) is 2.49. The summed E-state index contributed by atoms with van der Waals surface area (Å²) in [6.45, 7) is -1.30. The first-order valence-corrected chi connectivity index (χ1v) is 5.63. The van der Waals surface area contributed by atoms with Gasteiger partial charge in [0.15, 0.2) is 0 Å². The summed E-state index contributed by atoms with van der Waals surface area (Å²) in [7, 11) is 0. The number of aliphatic hydroxyl groups is 1. The van der Waals surface area contributed by atoms with Gasteiger partial charge in [0.1, 0.15) is 0 Å². The average molecular weight is 262 g/mol. The number of rotatable bonds is 6. The van der Waals surface area contributed by atoms with Gasteiger partial charge in [0.05, 0.1) is 12.6 Å². The van der Waals surface area contributed by atoms with Crippen molar-refractivity contribution in [2.24, 2.45) is 5.73 Å². The van der Waals surface area contributed by atoms with Gasteiger partial charge in [-0.05, 0) is 12.0 Å². The summed E-state index contributed by atoms with van der Waals surface area (Å²) in [5.41, 5.74) is 6.67. The molecular formula is C12H17F3N2O. The van der Waals surface area contributed by atoms with E-state index >= 15 is 0 Å². The molecule has 1 aromatic carbocycles. The number of hydrogen-bond acceptors (Lipinski definition) is 3. The molecule has 0 bridgehead atoms. The number of alkyl halides is 3. The van der Waals surface area contributed by atoms with Crippen LogP contribution in [0.2, 0.25) is 0 Å². The molecule has 3 nitrogen and oxygen atoms in total. The number of halogens is 3. The highest BCUT2D eigenvalue weighted by atomic mass is 19.4. The lowest BCUT2D eigenvalue weighted by Crippen LogP contribution is -2.44. The SMILES string of the molecule is N[C@@H](Cc1ccccc1)[C@H](O)CNCC(F)(F)F. The lowest BCUT2D eigenvalue weighted by Gasteiger charge is -2.19. The van der Waals surface area contributed by atoms with Gasteiger partial charge < -0.3 is 16.2 Å². The Bertz CT molecular complexity index is 343. The van der Waals surface area contributed by atoms with E-state index in [9.17, 15) is 18.3 Å². The minimum atomic E-state index is -4.27. The monoisotopic (exact) mass is 262 g/mol. The molecule has 0 spiro atoms. The standard InChI is InChI=1S/C12H17F3N2O/c13-12(14,15)8-17-7-11(18)10(16)6-9-4-2-1-3-5-9/h1-5,10-11,17-18H,6-8,16H2/t10-,11+/m0/s1. The Labute approximate surface area is 104 Å². The fraction of sp³-hybridized carbons (Fsp3) is 0.500. The van der Waals surface area contributed by atoms with E-state index < -0.39 is 24.9 Å². The van der Waals surface area contributed by atoms with Crippen LogP contribution >= 0.6 is 0 Å². The molecule has 0 aliphatic rings. The number of nitrogens with two attached hydrogens (primary N) is 1. The van der Waals surface area contributed by atoms with Crippen LogP contribution in [0.15, 0.2) is 30.3 Å². The fourth-order valence-corrected chi connectivity index (χ4v) is 1.54. The van der Waals surface area contributed by atoms with Crippen LogP contribution in [0, 0.1) is 0 Å². The molecule has 0 saturated heterocycles. The van der Waals surface area contributed by atoms with Crippen LogP contribution < -0.4 is 11.1 Å². The maximum absolute atomic E-state index is 11.9. The maximum Gasteiger partial charge on any atom is 0.401 e. The second-order valence-corrected chi connectivity index (χ2v) is 4.17. The van der Waals surface area contributed by atoms with Crippen molar-refractivity contribution in [2.75, 3.05) is 13.1 Å². The maximum atomic E-state index is 11.9. The Morgan fingerprint density at radius 3 is 2.39 bits per heavy atom. The van der Waals surface area contributed by atoms with Gasteiger partial charge in [-0.1, -0.05) is 30.3 Å². The first-order chi connectivity index (χ1) is 8.38. The molecule has 1 rings (SSSR count). The predicted octanol–water partition coefficient (Wildman–Crippen LogP) is 1.07. The van der Waals surface area contributed by atoms with Crippen molar-refractivity contribution in [3.8, 4) is 0 Å². The van der Waals surface area contributed by atoms with E-state index in [2.05, 4.69) is 5.32 Å². The van der Waals surface area contributed by atoms with Crippen LogP contribution in [0.25, 0.3) is 0 Å². The van der Waals surface area contributed by atoms with E-state index in [0.717, 1.165) is 5.56 Å². The highest BCUT2D eigenvalue weighted by Crippen LogP contribution is 2.12. The van der Waals surface area contributed by atoms with Crippen molar-refractivity contribution in [3.63, 3.8) is 0 Å². The zero-order valence-corrected chi connectivity index (χ0v) is 9.82. The van der Waals surface area contributed by atoms with Crippen LogP contribution in [0.4, 0.5) is 13.2 Å². The molecule has 0 heterocycles. The van der Waals surface area contributed by atoms with Crippen LogP contribution in [-0.2, 0) is 6.42 Å². The Kier molecular flexibility index (Phi) is 5.58. The zero-order chi connectivity index (χ0) is 13.6. The van der Waals surface area contributed by atoms with Crippen LogP contribution in [-0.4, -0.2) is 36.5 Å². The number of nitrogens with one attached hydrogen (secondary N) is 1. The van der Waals surface area contributed by atoms with Crippen molar-refractivity contribution in [1.29, 1.82) is 0 Å². The molecular weight excluding hydrogens is 245 g/mol. The van der Waals surface area contributed by atoms with Crippen LogP contribution in [0.1, 0.15) is 5.56 Å². The lowest BCUT2D eigenvalue weighted by molar-refractivity contribution is -0.125. The summed E-state index contributed by atoms with van der Waals surface area (Å²) in [6.07, 6.45) is -4.86. The van der Waals surface area contributed by atoms with E-state index in [-0.39, 0.29) is 6.54 Å². The quantitative estimate of drug-likeness (QED) is 0.718. The number of aliphatic hydroxyl groups excluding tert-OH is 1. The van der Waals surface area contributed by atoms with Crippen LogP contribution in [0.3, 0.4) is 0 Å². The van der Waals surface area contributed by atoms with Crippen molar-refractivity contribution >= 4 is 0 Å². The predicted molar refractivity (Wildman–Crippen MR) is 63.1 cm³/mol. The van der Waals surface area contributed by atoms with Crippen LogP contribution in [0.5, 0.6) is 0 Å². The smallest absolute Gasteiger partial charge is 0.390 e. The van der Waals surface area contributed by atoms with Crippen molar-refractivity contribution in [1.82, 2.24) is 5.32 Å². The molecule has 1 aromatic rings. The molecule has 0 saturated carbocycles. The second-order valence-electron chi connectivity index (χ2n) is 4.17. The summed E-state index contributed by atoms with van der Waals surface area (Å²) in [5, 5.41) is 11.8. The number of hydrogen-bond donors (Lipinski definition) is 3. The molecule has 6 heteroatoms. The molecule has 0 unspecified atom stereocenters. The zero-order valence-electron chi connectivity index (χ0n) is 9.82. The topological polar surface area (TPSA) is 58.3 Å². The molecule has 0 radical (unpaired) electrons. The van der Waals surface area contributed by atoms with Gasteiger partial charge in [0.2, 0.25) is 0 Å². The second kappa shape index (κ2) is 6.72. The molecule has 0 aliphatic heterocycles. The Morgan fingerprint density at radius 2 is 1.83 bits per heavy atom. The normalized spacial score (nSPS) is 15.4. The average Bonchev–Trinajstić information content (AvgIpc) is 2.28. The minimum absolute atomic E-state index is 0.173. The van der Waals surface area contributed by atoms with Gasteiger partial charge in [-0.25, -0.2) is 0 Å². The first kappa shape index (κ1) is 14.9. The van der Waals surface area contributed by atoms with E-state index in [1.165, 1.54) is 0 Å². The fourth-order valence-electron chi connectivity index (χ4n) is 1.54. The van der Waals surface area contributed by atoms with E-state index in [1.54, 1.807) is 0 Å². The summed E-state index contributed by atoms with van der Waals surface area (Å²) < 4.78 is 35.6. The van der Waals surface area contributed by atoms with E-state index in [4.69, 9.17) is 5.73 Å². The largest absolute Gasteiger partial charge is 0.401 e. The summed E-state index contributed by atoms with van der Waals surface area (Å²) >= 11 is 0. The van der Waals surface area contributed by atoms with E-state index in [0.29, 0.717) is 6.42 Å². The molecule has 2 atom stereocenters. The van der Waals surface area contributed by atoms with E-state index in [1.807, 2.05) is 30.3 Å². The summed E-state index contributed by atoms with van der Waals surface area (Å²) in [4.78, 5) is 0. The molecule has 0 fully saturated rings. The van der Waals surface area contributed by atoms with Gasteiger partial charge in [-0.3, -0.25) is 0 Å². The van der Waals surface area contributed by atoms with Gasteiger partial charge >= 0.3 is 6.18 Å². The highest BCUT2D eigenvalue weighted by Gasteiger charge is 2.27. The third kappa shape index (κ3) is 6.00. The highest BCUT2D eigenvalue weighted by molar-refractivity contribution is 5.16. The Balaban J connectivity index is 2.31. The van der Waals surface area contributed by atoms with Gasteiger partial charge in [0.25, 0.3) is 0 Å². The van der Waals surface area contributed by atoms with Crippen molar-refractivity contribution < 1.29 is 18.3 Å². The Hall–Kier alpha value is -1.11. The molecule has 0 aliphatic carbocycles. The minimum Gasteiger partial charge on any atom is -0.390 e. The van der Waals surface area contributed by atoms with Crippen molar-refractivity contribution in [3.05, 3.63) is 35.9 Å². The van der Waals surface area contributed by atoms with Gasteiger partial charge in [-0.2, -0.15) is 13.2 Å². The molecule has 4 N–H and O–H groups in total. The Morgan fingerprint density at radius 1 is 1.22 bits per heavy atom. The first-order valence-electron chi connectivity index (χ1n) is 5.63. The molecule has 0 aromatic heterocycles. The third-order valence-electron chi connectivity index (χ3n) is 2.49. The lowest BCUT2D eigenvalue weighted by atomic mass is 10.0. The van der Waals surface area contributed by atoms with Gasteiger partial charge in [-0.15, -0.1) is 0 Å². The number of benzene rings is 1. The molecule has 18 heavy (non-hydrogen) atoms. The molecule has 0 amide bonds.